The van der Waals surface area contributed by atoms with Crippen molar-refractivity contribution < 1.29 is 0 Å². The van der Waals surface area contributed by atoms with Crippen molar-refractivity contribution in [3.05, 3.63) is 64.1 Å². The Bertz CT molecular complexity index is 691. The predicted molar refractivity (Wildman–Crippen MR) is 89.6 cm³/mol. The molecule has 1 atom stereocenters. The highest BCUT2D eigenvalue weighted by molar-refractivity contribution is 7.18. The molecule has 1 heterocycles. The number of aromatic nitrogens is 1. The first-order chi connectivity index (χ1) is 10.2. The lowest BCUT2D eigenvalue weighted by molar-refractivity contribution is 0.522. The lowest BCUT2D eigenvalue weighted by Crippen LogP contribution is -2.38. The molecule has 0 aliphatic carbocycles. The molecular formula is C16H16ClN3S. The van der Waals surface area contributed by atoms with E-state index in [1.165, 1.54) is 10.3 Å². The van der Waals surface area contributed by atoms with E-state index in [0.29, 0.717) is 0 Å². The third-order valence-electron chi connectivity index (χ3n) is 3.39. The summed E-state index contributed by atoms with van der Waals surface area (Å²) in [4.78, 5) is 4.66. The van der Waals surface area contributed by atoms with E-state index >= 15 is 0 Å². The second-order valence-electron chi connectivity index (χ2n) is 4.97. The first-order valence-corrected chi connectivity index (χ1v) is 7.99. The summed E-state index contributed by atoms with van der Waals surface area (Å²) in [6, 6.07) is 16.2. The van der Waals surface area contributed by atoms with Crippen LogP contribution in [0.2, 0.25) is 5.02 Å². The maximum atomic E-state index is 5.91. The van der Waals surface area contributed by atoms with Crippen molar-refractivity contribution >= 4 is 33.2 Å². The quantitative estimate of drug-likeness (QED) is 0.559. The molecule has 0 fully saturated rings. The first-order valence-electron chi connectivity index (χ1n) is 6.79. The van der Waals surface area contributed by atoms with Gasteiger partial charge in [0.1, 0.15) is 0 Å². The summed E-state index contributed by atoms with van der Waals surface area (Å²) < 4.78 is 1.22. The van der Waals surface area contributed by atoms with Crippen LogP contribution in [-0.2, 0) is 12.8 Å². The Balaban J connectivity index is 1.73. The maximum absolute atomic E-state index is 5.91. The Hall–Kier alpha value is -1.46. The van der Waals surface area contributed by atoms with Crippen LogP contribution < -0.4 is 11.3 Å². The molecule has 0 aliphatic rings. The fraction of sp³-hybridized carbons (Fsp3) is 0.188. The van der Waals surface area contributed by atoms with E-state index in [1.807, 2.05) is 42.5 Å². The van der Waals surface area contributed by atoms with Crippen molar-refractivity contribution in [2.75, 3.05) is 0 Å². The van der Waals surface area contributed by atoms with Gasteiger partial charge in [-0.25, -0.2) is 4.98 Å². The predicted octanol–water partition coefficient (Wildman–Crippen LogP) is 3.57. The molecule has 0 radical (unpaired) electrons. The summed E-state index contributed by atoms with van der Waals surface area (Å²) in [6.07, 6.45) is 1.67. The molecular weight excluding hydrogens is 302 g/mol. The van der Waals surface area contributed by atoms with Gasteiger partial charge in [0.25, 0.3) is 0 Å². The van der Waals surface area contributed by atoms with Gasteiger partial charge in [-0.05, 0) is 36.2 Å². The lowest BCUT2D eigenvalue weighted by atomic mass is 10.0. The first kappa shape index (κ1) is 14.5. The number of hydrogen-bond acceptors (Lipinski definition) is 4. The van der Waals surface area contributed by atoms with E-state index in [0.717, 1.165) is 28.4 Å². The van der Waals surface area contributed by atoms with Gasteiger partial charge in [-0.3, -0.25) is 11.3 Å². The van der Waals surface area contributed by atoms with Crippen LogP contribution in [0.4, 0.5) is 0 Å². The molecule has 1 unspecified atom stereocenters. The zero-order valence-corrected chi connectivity index (χ0v) is 13.0. The summed E-state index contributed by atoms with van der Waals surface area (Å²) >= 11 is 7.63. The van der Waals surface area contributed by atoms with E-state index in [1.54, 1.807) is 11.3 Å². The van der Waals surface area contributed by atoms with Gasteiger partial charge in [0.2, 0.25) is 0 Å². The molecule has 3 aromatic rings. The SMILES string of the molecule is NNC(Cc1ccc(Cl)cc1)Cc1nc2ccccc2s1. The van der Waals surface area contributed by atoms with Crippen molar-refractivity contribution in [2.45, 2.75) is 18.9 Å². The fourth-order valence-corrected chi connectivity index (χ4v) is 3.49. The minimum absolute atomic E-state index is 0.159. The lowest BCUT2D eigenvalue weighted by Gasteiger charge is -2.14. The largest absolute Gasteiger partial charge is 0.271 e. The third-order valence-corrected chi connectivity index (χ3v) is 4.70. The number of benzene rings is 2. The highest BCUT2D eigenvalue weighted by atomic mass is 35.5. The molecule has 0 spiro atoms. The molecule has 3 rings (SSSR count). The van der Waals surface area contributed by atoms with Gasteiger partial charge >= 0.3 is 0 Å². The standard InChI is InChI=1S/C16H16ClN3S/c17-12-7-5-11(6-8-12)9-13(20-18)10-16-19-14-3-1-2-4-15(14)21-16/h1-8,13,20H,9-10,18H2. The van der Waals surface area contributed by atoms with Crippen molar-refractivity contribution in [1.29, 1.82) is 0 Å². The molecule has 0 aliphatic heterocycles. The van der Waals surface area contributed by atoms with E-state index < -0.39 is 0 Å². The van der Waals surface area contributed by atoms with Crippen molar-refractivity contribution in [1.82, 2.24) is 10.4 Å². The Morgan fingerprint density at radius 1 is 1.10 bits per heavy atom. The number of hydrogen-bond donors (Lipinski definition) is 2. The topological polar surface area (TPSA) is 50.9 Å². The summed E-state index contributed by atoms with van der Waals surface area (Å²) in [5, 5.41) is 1.86. The second kappa shape index (κ2) is 6.54. The number of para-hydroxylation sites is 1. The van der Waals surface area contributed by atoms with Crippen LogP contribution in [0, 0.1) is 0 Å². The molecule has 0 bridgehead atoms. The molecule has 2 aromatic carbocycles. The highest BCUT2D eigenvalue weighted by Gasteiger charge is 2.12. The monoisotopic (exact) mass is 317 g/mol. The summed E-state index contributed by atoms with van der Waals surface area (Å²) in [5.41, 5.74) is 5.16. The molecule has 3 N–H and O–H groups in total. The molecule has 21 heavy (non-hydrogen) atoms. The average Bonchev–Trinajstić information content (AvgIpc) is 2.91. The molecule has 0 saturated carbocycles. The van der Waals surface area contributed by atoms with Crippen molar-refractivity contribution in [3.63, 3.8) is 0 Å². The Morgan fingerprint density at radius 2 is 1.86 bits per heavy atom. The van der Waals surface area contributed by atoms with E-state index in [4.69, 9.17) is 17.4 Å². The second-order valence-corrected chi connectivity index (χ2v) is 6.53. The number of nitrogens with two attached hydrogens (primary N) is 1. The van der Waals surface area contributed by atoms with Crippen LogP contribution >= 0.6 is 22.9 Å². The zero-order valence-electron chi connectivity index (χ0n) is 11.4. The normalized spacial score (nSPS) is 12.7. The van der Waals surface area contributed by atoms with Crippen LogP contribution in [-0.4, -0.2) is 11.0 Å². The van der Waals surface area contributed by atoms with Gasteiger partial charge in [-0.15, -0.1) is 11.3 Å². The van der Waals surface area contributed by atoms with Crippen LogP contribution in [0.25, 0.3) is 10.2 Å². The van der Waals surface area contributed by atoms with Gasteiger partial charge in [-0.1, -0.05) is 35.9 Å². The number of nitrogens with zero attached hydrogens (tertiary/aromatic N) is 1. The summed E-state index contributed by atoms with van der Waals surface area (Å²) in [7, 11) is 0. The van der Waals surface area contributed by atoms with Gasteiger partial charge in [0.15, 0.2) is 0 Å². The number of hydrazine groups is 1. The minimum Gasteiger partial charge on any atom is -0.271 e. The molecule has 3 nitrogen and oxygen atoms in total. The number of rotatable bonds is 5. The summed E-state index contributed by atoms with van der Waals surface area (Å²) in [5.74, 6) is 5.69. The molecule has 0 amide bonds. The molecule has 1 aromatic heterocycles. The minimum atomic E-state index is 0.159. The molecule has 0 saturated heterocycles. The van der Waals surface area contributed by atoms with Crippen LogP contribution in [0.15, 0.2) is 48.5 Å². The number of fused-ring (bicyclic) bond motifs is 1. The maximum Gasteiger partial charge on any atom is 0.0954 e. The number of halogens is 1. The van der Waals surface area contributed by atoms with E-state index in [2.05, 4.69) is 16.5 Å². The van der Waals surface area contributed by atoms with Crippen molar-refractivity contribution in [3.8, 4) is 0 Å². The van der Waals surface area contributed by atoms with Crippen LogP contribution in [0.5, 0.6) is 0 Å². The smallest absolute Gasteiger partial charge is 0.0954 e. The third kappa shape index (κ3) is 3.60. The fourth-order valence-electron chi connectivity index (χ4n) is 2.31. The highest BCUT2D eigenvalue weighted by Crippen LogP contribution is 2.23. The van der Waals surface area contributed by atoms with Gasteiger partial charge in [0, 0.05) is 17.5 Å². The van der Waals surface area contributed by atoms with Crippen molar-refractivity contribution in [2.24, 2.45) is 5.84 Å². The van der Waals surface area contributed by atoms with E-state index in [9.17, 15) is 0 Å². The molecule has 108 valence electrons. The van der Waals surface area contributed by atoms with Crippen LogP contribution in [0.1, 0.15) is 10.6 Å². The average molecular weight is 318 g/mol. The Kier molecular flexibility index (Phi) is 4.51. The Morgan fingerprint density at radius 3 is 2.57 bits per heavy atom. The van der Waals surface area contributed by atoms with Crippen LogP contribution in [0.3, 0.4) is 0 Å². The van der Waals surface area contributed by atoms with Gasteiger partial charge < -0.3 is 0 Å². The van der Waals surface area contributed by atoms with Gasteiger partial charge in [-0.2, -0.15) is 0 Å². The zero-order chi connectivity index (χ0) is 14.7. The van der Waals surface area contributed by atoms with E-state index in [-0.39, 0.29) is 6.04 Å². The number of nitrogens with one attached hydrogen (secondary N) is 1. The molecule has 5 heteroatoms. The summed E-state index contributed by atoms with van der Waals surface area (Å²) in [6.45, 7) is 0. The number of thiazole rings is 1. The Labute approximate surface area is 132 Å². The van der Waals surface area contributed by atoms with Gasteiger partial charge in [0.05, 0.1) is 15.2 Å².